The molecule has 0 amide bonds. The highest BCUT2D eigenvalue weighted by atomic mass is 16.7. The van der Waals surface area contributed by atoms with Crippen molar-refractivity contribution in [2.75, 3.05) is 0 Å². The molecule has 1 aliphatic rings. The SMILES string of the molecule is CC1(C)OB(c2cncc(C#N)c2CO)OC1(C)C. The average molecular weight is 260 g/mol. The second-order valence-corrected chi connectivity index (χ2v) is 5.61. The quantitative estimate of drug-likeness (QED) is 0.794. The summed E-state index contributed by atoms with van der Waals surface area (Å²) < 4.78 is 11.8. The van der Waals surface area contributed by atoms with Gasteiger partial charge in [0.2, 0.25) is 0 Å². The molecule has 19 heavy (non-hydrogen) atoms. The molecule has 0 unspecified atom stereocenters. The van der Waals surface area contributed by atoms with Crippen LogP contribution in [0.2, 0.25) is 0 Å². The Morgan fingerprint density at radius 2 is 1.84 bits per heavy atom. The highest BCUT2D eigenvalue weighted by Crippen LogP contribution is 2.36. The number of nitriles is 1. The van der Waals surface area contributed by atoms with Crippen LogP contribution in [-0.4, -0.2) is 28.4 Å². The van der Waals surface area contributed by atoms with E-state index < -0.39 is 18.3 Å². The predicted molar refractivity (Wildman–Crippen MR) is 70.6 cm³/mol. The van der Waals surface area contributed by atoms with Crippen LogP contribution < -0.4 is 5.46 Å². The largest absolute Gasteiger partial charge is 0.496 e. The van der Waals surface area contributed by atoms with Gasteiger partial charge in [-0.05, 0) is 33.3 Å². The van der Waals surface area contributed by atoms with Gasteiger partial charge in [-0.15, -0.1) is 0 Å². The Hall–Kier alpha value is -1.42. The molecule has 0 radical (unpaired) electrons. The van der Waals surface area contributed by atoms with Gasteiger partial charge in [0, 0.05) is 17.9 Å². The van der Waals surface area contributed by atoms with E-state index in [0.717, 1.165) is 0 Å². The van der Waals surface area contributed by atoms with Crippen molar-refractivity contribution in [3.63, 3.8) is 0 Å². The number of rotatable bonds is 2. The first-order chi connectivity index (χ1) is 8.82. The summed E-state index contributed by atoms with van der Waals surface area (Å²) in [5.41, 5.74) is 0.533. The van der Waals surface area contributed by atoms with E-state index in [1.165, 1.54) is 6.20 Å². The molecule has 6 heteroatoms. The van der Waals surface area contributed by atoms with Gasteiger partial charge in [-0.25, -0.2) is 0 Å². The van der Waals surface area contributed by atoms with E-state index in [2.05, 4.69) is 4.98 Å². The number of pyridine rings is 1. The molecule has 0 aromatic carbocycles. The zero-order valence-corrected chi connectivity index (χ0v) is 11.6. The Bertz CT molecular complexity index is 521. The monoisotopic (exact) mass is 260 g/mol. The molecule has 1 aromatic rings. The first-order valence-electron chi connectivity index (χ1n) is 6.16. The summed E-state index contributed by atoms with van der Waals surface area (Å²) >= 11 is 0. The number of nitrogens with zero attached hydrogens (tertiary/aromatic N) is 2. The molecule has 1 aliphatic heterocycles. The van der Waals surface area contributed by atoms with Crippen LogP contribution in [0.4, 0.5) is 0 Å². The van der Waals surface area contributed by atoms with Crippen molar-refractivity contribution in [3.8, 4) is 6.07 Å². The standard InChI is InChI=1S/C13H17BN2O3/c1-12(2)13(3,4)19-14(18-12)11-7-16-6-9(5-15)10(11)8-17/h6-7,17H,8H2,1-4H3. The molecule has 0 bridgehead atoms. The summed E-state index contributed by atoms with van der Waals surface area (Å²) in [6.07, 6.45) is 3.01. The Balaban J connectivity index is 2.43. The third kappa shape index (κ3) is 2.25. The van der Waals surface area contributed by atoms with Gasteiger partial charge in [-0.2, -0.15) is 5.26 Å². The van der Waals surface area contributed by atoms with E-state index in [4.69, 9.17) is 14.6 Å². The molecule has 0 saturated carbocycles. The minimum absolute atomic E-state index is 0.245. The zero-order chi connectivity index (χ0) is 14.3. The van der Waals surface area contributed by atoms with Crippen LogP contribution in [-0.2, 0) is 15.9 Å². The molecule has 0 spiro atoms. The highest BCUT2D eigenvalue weighted by molar-refractivity contribution is 6.62. The van der Waals surface area contributed by atoms with E-state index in [1.54, 1.807) is 6.20 Å². The van der Waals surface area contributed by atoms with Crippen LogP contribution in [0.25, 0.3) is 0 Å². The van der Waals surface area contributed by atoms with Crippen molar-refractivity contribution >= 4 is 12.6 Å². The summed E-state index contributed by atoms with van der Waals surface area (Å²) in [5.74, 6) is 0. The van der Waals surface area contributed by atoms with E-state index in [9.17, 15) is 5.11 Å². The number of hydrogen-bond donors (Lipinski definition) is 1. The molecule has 1 N–H and O–H groups in total. The van der Waals surface area contributed by atoms with Crippen LogP contribution in [0.3, 0.4) is 0 Å². The van der Waals surface area contributed by atoms with Crippen LogP contribution in [0.1, 0.15) is 38.8 Å². The van der Waals surface area contributed by atoms with Crippen molar-refractivity contribution in [1.82, 2.24) is 4.98 Å². The number of aliphatic hydroxyl groups excluding tert-OH is 1. The fourth-order valence-electron chi connectivity index (χ4n) is 1.95. The molecule has 1 fully saturated rings. The van der Waals surface area contributed by atoms with Gasteiger partial charge in [0.1, 0.15) is 6.07 Å². The molecular formula is C13H17BN2O3. The van der Waals surface area contributed by atoms with Gasteiger partial charge in [-0.3, -0.25) is 4.98 Å². The Labute approximate surface area is 113 Å². The van der Waals surface area contributed by atoms with Crippen molar-refractivity contribution in [2.45, 2.75) is 45.5 Å². The number of aliphatic hydroxyl groups is 1. The first kappa shape index (κ1) is 14.0. The Morgan fingerprint density at radius 1 is 1.26 bits per heavy atom. The molecular weight excluding hydrogens is 243 g/mol. The van der Waals surface area contributed by atoms with Crippen molar-refractivity contribution in [3.05, 3.63) is 23.5 Å². The summed E-state index contributed by atoms with van der Waals surface area (Å²) in [7, 11) is -0.618. The minimum Gasteiger partial charge on any atom is -0.399 e. The molecule has 0 aliphatic carbocycles. The van der Waals surface area contributed by atoms with Gasteiger partial charge in [-0.1, -0.05) is 0 Å². The maximum Gasteiger partial charge on any atom is 0.496 e. The van der Waals surface area contributed by atoms with Crippen LogP contribution in [0, 0.1) is 11.3 Å². The topological polar surface area (TPSA) is 75.4 Å². The predicted octanol–water partition coefficient (Wildman–Crippen LogP) is 0.745. The van der Waals surface area contributed by atoms with Gasteiger partial charge in [0.05, 0.1) is 23.4 Å². The second kappa shape index (κ2) is 4.60. The summed E-state index contributed by atoms with van der Waals surface area (Å²) in [6.45, 7) is 7.56. The average Bonchev–Trinajstić information content (AvgIpc) is 2.57. The molecule has 0 atom stereocenters. The van der Waals surface area contributed by atoms with Gasteiger partial charge in [0.15, 0.2) is 0 Å². The maximum absolute atomic E-state index is 9.46. The molecule has 5 nitrogen and oxygen atoms in total. The van der Waals surface area contributed by atoms with E-state index in [-0.39, 0.29) is 6.61 Å². The maximum atomic E-state index is 9.46. The lowest BCUT2D eigenvalue weighted by molar-refractivity contribution is 0.00578. The van der Waals surface area contributed by atoms with Crippen LogP contribution in [0.15, 0.2) is 12.4 Å². The minimum atomic E-state index is -0.618. The van der Waals surface area contributed by atoms with Crippen molar-refractivity contribution in [2.24, 2.45) is 0 Å². The lowest BCUT2D eigenvalue weighted by Crippen LogP contribution is -2.41. The van der Waals surface area contributed by atoms with Gasteiger partial charge < -0.3 is 14.4 Å². The van der Waals surface area contributed by atoms with Crippen LogP contribution in [0.5, 0.6) is 0 Å². The second-order valence-electron chi connectivity index (χ2n) is 5.61. The molecule has 2 rings (SSSR count). The summed E-state index contributed by atoms with van der Waals surface area (Å²) in [5, 5.41) is 18.5. The number of aromatic nitrogens is 1. The lowest BCUT2D eigenvalue weighted by Gasteiger charge is -2.32. The fraction of sp³-hybridized carbons (Fsp3) is 0.538. The van der Waals surface area contributed by atoms with E-state index in [1.807, 2.05) is 33.8 Å². The number of hydrogen-bond acceptors (Lipinski definition) is 5. The van der Waals surface area contributed by atoms with Crippen molar-refractivity contribution in [1.29, 1.82) is 5.26 Å². The van der Waals surface area contributed by atoms with Crippen LogP contribution >= 0.6 is 0 Å². The summed E-state index contributed by atoms with van der Waals surface area (Å²) in [6, 6.07) is 2.02. The third-order valence-corrected chi connectivity index (χ3v) is 3.88. The molecule has 1 saturated heterocycles. The van der Waals surface area contributed by atoms with E-state index in [0.29, 0.717) is 16.6 Å². The highest BCUT2D eigenvalue weighted by Gasteiger charge is 2.52. The molecule has 100 valence electrons. The normalized spacial score (nSPS) is 20.3. The third-order valence-electron chi connectivity index (χ3n) is 3.88. The Kier molecular flexibility index (Phi) is 3.39. The zero-order valence-electron chi connectivity index (χ0n) is 11.6. The van der Waals surface area contributed by atoms with Gasteiger partial charge >= 0.3 is 7.12 Å². The Morgan fingerprint density at radius 3 is 2.32 bits per heavy atom. The summed E-state index contributed by atoms with van der Waals surface area (Å²) in [4.78, 5) is 4.01. The molecule has 1 aromatic heterocycles. The fourth-order valence-corrected chi connectivity index (χ4v) is 1.95. The first-order valence-corrected chi connectivity index (χ1v) is 6.16. The van der Waals surface area contributed by atoms with E-state index >= 15 is 0 Å². The lowest BCUT2D eigenvalue weighted by atomic mass is 9.76. The smallest absolute Gasteiger partial charge is 0.399 e. The van der Waals surface area contributed by atoms with Crippen molar-refractivity contribution < 1.29 is 14.4 Å². The molecule has 2 heterocycles. The van der Waals surface area contributed by atoms with Gasteiger partial charge in [0.25, 0.3) is 0 Å².